The topological polar surface area (TPSA) is 35.5 Å². The molecule has 0 radical (unpaired) electrons. The normalized spacial score (nSPS) is 10.4. The zero-order valence-electron chi connectivity index (χ0n) is 10.2. The maximum atomic E-state index is 10.8. The minimum absolute atomic E-state index is 0.391. The summed E-state index contributed by atoms with van der Waals surface area (Å²) in [6.45, 7) is 2.23. The molecule has 0 amide bonds. The number of carbonyl (C=O) groups excluding carboxylic acids is 1. The van der Waals surface area contributed by atoms with Crippen molar-refractivity contribution in [2.75, 3.05) is 0 Å². The minimum Gasteiger partial charge on any atom is -0.280 e. The molecule has 0 aromatic rings. The first kappa shape index (κ1) is 15.7. The second-order valence-corrected chi connectivity index (χ2v) is 4.22. The third-order valence-corrected chi connectivity index (χ3v) is 2.67. The molecule has 4 heteroatoms. The minimum atomic E-state index is -0.391. The summed E-state index contributed by atoms with van der Waals surface area (Å²) in [4.78, 5) is 15.0. The van der Waals surface area contributed by atoms with Gasteiger partial charge in [-0.3, -0.25) is 4.89 Å². The molecule has 0 saturated heterocycles. The lowest BCUT2D eigenvalue weighted by Gasteiger charge is -2.01. The number of unbranched alkanes of at least 4 members (excludes halogenated alkanes) is 8. The molecule has 0 spiro atoms. The van der Waals surface area contributed by atoms with E-state index in [1.54, 1.807) is 0 Å². The zero-order valence-corrected chi connectivity index (χ0v) is 10.9. The molecule has 0 rings (SSSR count). The van der Waals surface area contributed by atoms with Crippen LogP contribution in [0.1, 0.15) is 71.1 Å². The van der Waals surface area contributed by atoms with Crippen LogP contribution >= 0.6 is 11.9 Å². The maximum Gasteiger partial charge on any atom is 0.344 e. The van der Waals surface area contributed by atoms with E-state index in [0.717, 1.165) is 12.8 Å². The standard InChI is InChI=1S/C12H23ClO3/c1-2-3-4-5-6-7-8-9-10-11-12(14)15-16-13/h2-11H2,1H3. The van der Waals surface area contributed by atoms with Crippen LogP contribution in [-0.2, 0) is 14.1 Å². The highest BCUT2D eigenvalue weighted by Gasteiger charge is 2.02. The molecule has 0 aromatic carbocycles. The summed E-state index contributed by atoms with van der Waals surface area (Å²) in [6.07, 6.45) is 11.4. The molecule has 0 aliphatic heterocycles. The quantitative estimate of drug-likeness (QED) is 0.307. The van der Waals surface area contributed by atoms with Crippen molar-refractivity contribution in [2.45, 2.75) is 71.1 Å². The van der Waals surface area contributed by atoms with Crippen molar-refractivity contribution in [3.8, 4) is 0 Å². The van der Waals surface area contributed by atoms with Crippen LogP contribution in [0.4, 0.5) is 0 Å². The third kappa shape index (κ3) is 11.8. The Morgan fingerprint density at radius 3 is 1.94 bits per heavy atom. The van der Waals surface area contributed by atoms with Crippen molar-refractivity contribution in [1.29, 1.82) is 0 Å². The van der Waals surface area contributed by atoms with E-state index in [2.05, 4.69) is 16.3 Å². The van der Waals surface area contributed by atoms with E-state index in [1.807, 2.05) is 0 Å². The summed E-state index contributed by atoms with van der Waals surface area (Å²) in [5.41, 5.74) is 0. The van der Waals surface area contributed by atoms with Gasteiger partial charge in [-0.1, -0.05) is 62.7 Å². The second kappa shape index (κ2) is 12.8. The molecular formula is C12H23ClO3. The molecule has 0 fully saturated rings. The Kier molecular flexibility index (Phi) is 12.6. The van der Waals surface area contributed by atoms with Gasteiger partial charge in [-0.05, 0) is 6.42 Å². The molecule has 16 heavy (non-hydrogen) atoms. The highest BCUT2D eigenvalue weighted by atomic mass is 35.5. The average molecular weight is 251 g/mol. The summed E-state index contributed by atoms with van der Waals surface area (Å²) in [5, 5.41) is 0. The van der Waals surface area contributed by atoms with Crippen LogP contribution in [0, 0.1) is 0 Å². The SMILES string of the molecule is CCCCCCCCCCCC(=O)OOCl. The largest absolute Gasteiger partial charge is 0.344 e. The fourth-order valence-corrected chi connectivity index (χ4v) is 1.73. The molecule has 0 bridgehead atoms. The van der Waals surface area contributed by atoms with Crippen LogP contribution in [0.25, 0.3) is 0 Å². The summed E-state index contributed by atoms with van der Waals surface area (Å²) >= 11 is 4.78. The molecule has 0 aromatic heterocycles. The molecule has 0 heterocycles. The Hall–Kier alpha value is -0.280. The first-order valence-corrected chi connectivity index (χ1v) is 6.60. The van der Waals surface area contributed by atoms with E-state index in [0.29, 0.717) is 6.42 Å². The lowest BCUT2D eigenvalue weighted by atomic mass is 10.1. The molecule has 0 saturated carbocycles. The summed E-state index contributed by atoms with van der Waals surface area (Å²) in [5.74, 6) is -0.391. The molecule has 0 aliphatic rings. The maximum absolute atomic E-state index is 10.8. The lowest BCUT2D eigenvalue weighted by Crippen LogP contribution is -2.00. The molecule has 0 atom stereocenters. The highest BCUT2D eigenvalue weighted by molar-refractivity contribution is 6.07. The Balaban J connectivity index is 3.01. The predicted molar refractivity (Wildman–Crippen MR) is 64.9 cm³/mol. The molecule has 0 aliphatic carbocycles. The Bertz CT molecular complexity index is 162. The molecule has 0 unspecified atom stereocenters. The summed E-state index contributed by atoms with van der Waals surface area (Å²) in [7, 11) is 0. The second-order valence-electron chi connectivity index (χ2n) is 4.10. The van der Waals surface area contributed by atoms with Gasteiger partial charge in [-0.25, -0.2) is 4.79 Å². The number of carbonyl (C=O) groups is 1. The van der Waals surface area contributed by atoms with Crippen molar-refractivity contribution < 1.29 is 14.1 Å². The van der Waals surface area contributed by atoms with Gasteiger partial charge in [0.2, 0.25) is 0 Å². The van der Waals surface area contributed by atoms with Gasteiger partial charge in [0.25, 0.3) is 0 Å². The summed E-state index contributed by atoms with van der Waals surface area (Å²) < 4.78 is 3.76. The van der Waals surface area contributed by atoms with E-state index in [-0.39, 0.29) is 0 Å². The fraction of sp³-hybridized carbons (Fsp3) is 0.917. The van der Waals surface area contributed by atoms with E-state index >= 15 is 0 Å². The number of halogens is 1. The van der Waals surface area contributed by atoms with Crippen molar-refractivity contribution in [2.24, 2.45) is 0 Å². The monoisotopic (exact) mass is 250 g/mol. The van der Waals surface area contributed by atoms with Crippen LogP contribution < -0.4 is 0 Å². The van der Waals surface area contributed by atoms with Gasteiger partial charge in [-0.15, -0.1) is 0 Å². The molecular weight excluding hydrogens is 228 g/mol. The molecule has 96 valence electrons. The van der Waals surface area contributed by atoms with Crippen molar-refractivity contribution in [1.82, 2.24) is 0 Å². The van der Waals surface area contributed by atoms with Gasteiger partial charge < -0.3 is 0 Å². The van der Waals surface area contributed by atoms with Gasteiger partial charge in [0.1, 0.15) is 11.9 Å². The van der Waals surface area contributed by atoms with Crippen LogP contribution in [0.2, 0.25) is 0 Å². The van der Waals surface area contributed by atoms with Gasteiger partial charge in [0, 0.05) is 6.42 Å². The Labute approximate surface area is 104 Å². The third-order valence-electron chi connectivity index (χ3n) is 2.61. The average Bonchev–Trinajstić information content (AvgIpc) is 2.27. The highest BCUT2D eigenvalue weighted by Crippen LogP contribution is 2.10. The van der Waals surface area contributed by atoms with E-state index < -0.39 is 5.97 Å². The van der Waals surface area contributed by atoms with Gasteiger partial charge >= 0.3 is 5.97 Å². The predicted octanol–water partition coefficient (Wildman–Crippen LogP) is 4.54. The first-order valence-electron chi connectivity index (χ1n) is 6.29. The Morgan fingerprint density at radius 1 is 0.938 bits per heavy atom. The van der Waals surface area contributed by atoms with Crippen molar-refractivity contribution >= 4 is 17.8 Å². The smallest absolute Gasteiger partial charge is 0.280 e. The lowest BCUT2D eigenvalue weighted by molar-refractivity contribution is -0.211. The van der Waals surface area contributed by atoms with E-state index in [4.69, 9.17) is 11.9 Å². The van der Waals surface area contributed by atoms with Crippen LogP contribution in [0.3, 0.4) is 0 Å². The molecule has 3 nitrogen and oxygen atoms in total. The van der Waals surface area contributed by atoms with Crippen molar-refractivity contribution in [3.05, 3.63) is 0 Å². The van der Waals surface area contributed by atoms with Gasteiger partial charge in [0.05, 0.1) is 0 Å². The fourth-order valence-electron chi connectivity index (χ4n) is 1.66. The Morgan fingerprint density at radius 2 is 1.44 bits per heavy atom. The summed E-state index contributed by atoms with van der Waals surface area (Å²) in [6, 6.07) is 0. The number of hydrogen-bond donors (Lipinski definition) is 0. The molecule has 0 N–H and O–H groups in total. The van der Waals surface area contributed by atoms with Gasteiger partial charge in [-0.2, -0.15) is 0 Å². The number of hydrogen-bond acceptors (Lipinski definition) is 3. The van der Waals surface area contributed by atoms with Crippen LogP contribution in [0.15, 0.2) is 0 Å². The van der Waals surface area contributed by atoms with E-state index in [9.17, 15) is 4.79 Å². The zero-order chi connectivity index (χ0) is 12.1. The first-order chi connectivity index (χ1) is 7.81. The van der Waals surface area contributed by atoms with Crippen LogP contribution in [-0.4, -0.2) is 5.97 Å². The van der Waals surface area contributed by atoms with Crippen LogP contribution in [0.5, 0.6) is 0 Å². The van der Waals surface area contributed by atoms with E-state index in [1.165, 1.54) is 44.9 Å². The van der Waals surface area contributed by atoms with Crippen molar-refractivity contribution in [3.63, 3.8) is 0 Å². The number of rotatable bonds is 11. The van der Waals surface area contributed by atoms with Gasteiger partial charge in [0.15, 0.2) is 0 Å².